The molecule has 2 heterocycles. The predicted molar refractivity (Wildman–Crippen MR) is 99.8 cm³/mol. The summed E-state index contributed by atoms with van der Waals surface area (Å²) in [5, 5.41) is 4.92. The molecule has 0 bridgehead atoms. The number of piperazine rings is 1. The summed E-state index contributed by atoms with van der Waals surface area (Å²) in [5.74, 6) is 1.27. The molecule has 1 aromatic heterocycles. The molecule has 1 aliphatic rings. The average molecular weight is 398 g/mol. The van der Waals surface area contributed by atoms with E-state index in [-0.39, 0.29) is 12.5 Å². The standard InChI is InChI=1S/C18H21Cl2N3O3/c1-12-15(13(2)26-21-12)10-22-5-7-23(8-6-22)18(24)11-25-17-4-3-14(19)9-16(17)20/h3-4,9H,5-8,10-11H2,1-2H3. The minimum absolute atomic E-state index is 0.0365. The molecule has 1 fully saturated rings. The molecule has 0 spiro atoms. The molecular weight excluding hydrogens is 377 g/mol. The van der Waals surface area contributed by atoms with Crippen molar-refractivity contribution < 1.29 is 14.1 Å². The SMILES string of the molecule is Cc1noc(C)c1CN1CCN(C(=O)COc2ccc(Cl)cc2Cl)CC1. The summed E-state index contributed by atoms with van der Waals surface area (Å²) in [7, 11) is 0. The highest BCUT2D eigenvalue weighted by molar-refractivity contribution is 6.35. The van der Waals surface area contributed by atoms with Gasteiger partial charge in [0.15, 0.2) is 6.61 Å². The molecule has 6 nitrogen and oxygen atoms in total. The third-order valence-electron chi connectivity index (χ3n) is 4.53. The second-order valence-corrected chi connectivity index (χ2v) is 7.17. The van der Waals surface area contributed by atoms with Crippen LogP contribution < -0.4 is 4.74 Å². The Hall–Kier alpha value is -1.76. The lowest BCUT2D eigenvalue weighted by Crippen LogP contribution is -2.49. The summed E-state index contributed by atoms with van der Waals surface area (Å²) in [4.78, 5) is 16.5. The van der Waals surface area contributed by atoms with E-state index in [2.05, 4.69) is 10.1 Å². The number of amides is 1. The molecule has 1 aliphatic heterocycles. The van der Waals surface area contributed by atoms with Crippen LogP contribution in [0, 0.1) is 13.8 Å². The highest BCUT2D eigenvalue weighted by Gasteiger charge is 2.23. The van der Waals surface area contributed by atoms with Crippen LogP contribution in [-0.2, 0) is 11.3 Å². The quantitative estimate of drug-likeness (QED) is 0.774. The normalized spacial score (nSPS) is 15.3. The number of halogens is 2. The van der Waals surface area contributed by atoms with Crippen LogP contribution in [0.4, 0.5) is 0 Å². The second kappa shape index (κ2) is 8.29. The van der Waals surface area contributed by atoms with E-state index in [4.69, 9.17) is 32.5 Å². The second-order valence-electron chi connectivity index (χ2n) is 6.32. The van der Waals surface area contributed by atoms with E-state index >= 15 is 0 Å². The highest BCUT2D eigenvalue weighted by Crippen LogP contribution is 2.27. The number of ether oxygens (including phenoxy) is 1. The van der Waals surface area contributed by atoms with Crippen molar-refractivity contribution in [2.45, 2.75) is 20.4 Å². The van der Waals surface area contributed by atoms with Gasteiger partial charge in [0, 0.05) is 43.3 Å². The van der Waals surface area contributed by atoms with Crippen LogP contribution in [0.1, 0.15) is 17.0 Å². The van der Waals surface area contributed by atoms with Crippen molar-refractivity contribution in [2.24, 2.45) is 0 Å². The van der Waals surface area contributed by atoms with Gasteiger partial charge < -0.3 is 14.2 Å². The number of aryl methyl sites for hydroxylation is 2. The maximum Gasteiger partial charge on any atom is 0.260 e. The predicted octanol–water partition coefficient (Wildman–Crippen LogP) is 3.32. The Labute approximate surface area is 162 Å². The Bertz CT molecular complexity index is 766. The third-order valence-corrected chi connectivity index (χ3v) is 5.06. The third kappa shape index (κ3) is 4.50. The molecule has 3 rings (SSSR count). The van der Waals surface area contributed by atoms with Crippen LogP contribution in [0.15, 0.2) is 22.7 Å². The lowest BCUT2D eigenvalue weighted by atomic mass is 10.2. The van der Waals surface area contributed by atoms with Crippen LogP contribution in [0.2, 0.25) is 10.0 Å². The van der Waals surface area contributed by atoms with Crippen molar-refractivity contribution in [1.82, 2.24) is 15.0 Å². The van der Waals surface area contributed by atoms with Crippen molar-refractivity contribution >= 4 is 29.1 Å². The zero-order valence-electron chi connectivity index (χ0n) is 14.8. The number of nitrogens with zero attached hydrogens (tertiary/aromatic N) is 3. The van der Waals surface area contributed by atoms with Gasteiger partial charge in [0.25, 0.3) is 5.91 Å². The summed E-state index contributed by atoms with van der Waals surface area (Å²) < 4.78 is 10.7. The monoisotopic (exact) mass is 397 g/mol. The van der Waals surface area contributed by atoms with E-state index in [1.54, 1.807) is 18.2 Å². The van der Waals surface area contributed by atoms with Crippen molar-refractivity contribution in [3.8, 4) is 5.75 Å². The molecule has 0 atom stereocenters. The molecule has 1 amide bonds. The van der Waals surface area contributed by atoms with E-state index in [1.807, 2.05) is 18.7 Å². The number of benzene rings is 1. The van der Waals surface area contributed by atoms with Crippen LogP contribution in [-0.4, -0.2) is 53.6 Å². The topological polar surface area (TPSA) is 58.8 Å². The first kappa shape index (κ1) is 19.0. The van der Waals surface area contributed by atoms with Gasteiger partial charge in [-0.05, 0) is 32.0 Å². The molecule has 1 aromatic carbocycles. The average Bonchev–Trinajstić information content (AvgIpc) is 2.93. The zero-order chi connectivity index (χ0) is 18.7. The number of aromatic nitrogens is 1. The minimum atomic E-state index is -0.0481. The fourth-order valence-corrected chi connectivity index (χ4v) is 3.39. The van der Waals surface area contributed by atoms with Gasteiger partial charge in [-0.3, -0.25) is 9.69 Å². The van der Waals surface area contributed by atoms with E-state index in [0.717, 1.165) is 36.7 Å². The summed E-state index contributed by atoms with van der Waals surface area (Å²) in [5.41, 5.74) is 2.06. The molecule has 0 aliphatic carbocycles. The first-order valence-electron chi connectivity index (χ1n) is 8.44. The molecule has 8 heteroatoms. The smallest absolute Gasteiger partial charge is 0.260 e. The number of hydrogen-bond donors (Lipinski definition) is 0. The fraction of sp³-hybridized carbons (Fsp3) is 0.444. The van der Waals surface area contributed by atoms with Crippen LogP contribution in [0.3, 0.4) is 0 Å². The molecule has 0 unspecified atom stereocenters. The van der Waals surface area contributed by atoms with Gasteiger partial charge in [0.1, 0.15) is 11.5 Å². The molecule has 2 aromatic rings. The lowest BCUT2D eigenvalue weighted by Gasteiger charge is -2.34. The largest absolute Gasteiger partial charge is 0.482 e. The molecule has 0 saturated carbocycles. The van der Waals surface area contributed by atoms with Gasteiger partial charge >= 0.3 is 0 Å². The van der Waals surface area contributed by atoms with Crippen molar-refractivity contribution in [3.05, 3.63) is 45.3 Å². The van der Waals surface area contributed by atoms with Gasteiger partial charge in [-0.15, -0.1) is 0 Å². The molecule has 140 valence electrons. The maximum atomic E-state index is 12.4. The number of carbonyl (C=O) groups excluding carboxylic acids is 1. The number of hydrogen-bond acceptors (Lipinski definition) is 5. The first-order chi connectivity index (χ1) is 12.4. The Kier molecular flexibility index (Phi) is 6.06. The van der Waals surface area contributed by atoms with Crippen LogP contribution in [0.25, 0.3) is 0 Å². The molecular formula is C18H21Cl2N3O3. The Morgan fingerprint density at radius 3 is 2.58 bits per heavy atom. The Morgan fingerprint density at radius 1 is 1.23 bits per heavy atom. The lowest BCUT2D eigenvalue weighted by molar-refractivity contribution is -0.135. The van der Waals surface area contributed by atoms with Crippen molar-refractivity contribution in [3.63, 3.8) is 0 Å². The van der Waals surface area contributed by atoms with Crippen LogP contribution >= 0.6 is 23.2 Å². The summed E-state index contributed by atoms with van der Waals surface area (Å²) in [6.07, 6.45) is 0. The number of carbonyl (C=O) groups is 1. The summed E-state index contributed by atoms with van der Waals surface area (Å²) >= 11 is 11.9. The van der Waals surface area contributed by atoms with Gasteiger partial charge in [-0.1, -0.05) is 28.4 Å². The molecule has 0 N–H and O–H groups in total. The zero-order valence-corrected chi connectivity index (χ0v) is 16.3. The molecule has 0 radical (unpaired) electrons. The van der Waals surface area contributed by atoms with Gasteiger partial charge in [-0.2, -0.15) is 0 Å². The van der Waals surface area contributed by atoms with Crippen LogP contribution in [0.5, 0.6) is 5.75 Å². The van der Waals surface area contributed by atoms with E-state index in [9.17, 15) is 4.79 Å². The summed E-state index contributed by atoms with van der Waals surface area (Å²) in [6, 6.07) is 4.94. The van der Waals surface area contributed by atoms with E-state index < -0.39 is 0 Å². The van der Waals surface area contributed by atoms with Gasteiger partial charge in [0.2, 0.25) is 0 Å². The highest BCUT2D eigenvalue weighted by atomic mass is 35.5. The fourth-order valence-electron chi connectivity index (χ4n) is 2.93. The Morgan fingerprint density at radius 2 is 1.96 bits per heavy atom. The van der Waals surface area contributed by atoms with Crippen molar-refractivity contribution in [2.75, 3.05) is 32.8 Å². The molecule has 1 saturated heterocycles. The van der Waals surface area contributed by atoms with Gasteiger partial charge in [0.05, 0.1) is 10.7 Å². The van der Waals surface area contributed by atoms with Gasteiger partial charge in [-0.25, -0.2) is 0 Å². The van der Waals surface area contributed by atoms with Crippen molar-refractivity contribution in [1.29, 1.82) is 0 Å². The first-order valence-corrected chi connectivity index (χ1v) is 9.19. The Balaban J connectivity index is 1.47. The minimum Gasteiger partial charge on any atom is -0.482 e. The number of rotatable bonds is 5. The maximum absolute atomic E-state index is 12.4. The van der Waals surface area contributed by atoms with E-state index in [1.165, 1.54) is 0 Å². The van der Waals surface area contributed by atoms with E-state index in [0.29, 0.717) is 28.9 Å². The molecule has 26 heavy (non-hydrogen) atoms. The summed E-state index contributed by atoms with van der Waals surface area (Å²) in [6.45, 7) is 7.57.